The van der Waals surface area contributed by atoms with Gasteiger partial charge in [-0.15, -0.1) is 0 Å². The molecule has 1 aromatic carbocycles. The highest BCUT2D eigenvalue weighted by atomic mass is 35.5. The first-order valence-electron chi connectivity index (χ1n) is 5.55. The van der Waals surface area contributed by atoms with Gasteiger partial charge in [0.1, 0.15) is 10.7 Å². The number of halogens is 1. The van der Waals surface area contributed by atoms with Gasteiger partial charge in [0.05, 0.1) is 17.3 Å². The van der Waals surface area contributed by atoms with Crippen LogP contribution in [0.5, 0.6) is 0 Å². The van der Waals surface area contributed by atoms with Gasteiger partial charge in [-0.1, -0.05) is 17.7 Å². The molecule has 2 aromatic rings. The molecule has 0 aliphatic rings. The van der Waals surface area contributed by atoms with Crippen LogP contribution in [-0.2, 0) is 16.6 Å². The Hall–Kier alpha value is -1.37. The first kappa shape index (κ1) is 14.0. The number of aryl methyl sites for hydroxylation is 2. The van der Waals surface area contributed by atoms with E-state index in [9.17, 15) is 8.42 Å². The molecule has 0 aliphatic carbocycles. The molecule has 0 fully saturated rings. The van der Waals surface area contributed by atoms with Crippen molar-refractivity contribution >= 4 is 21.6 Å². The van der Waals surface area contributed by atoms with Crippen LogP contribution in [0, 0.1) is 13.8 Å². The van der Waals surface area contributed by atoms with Gasteiger partial charge in [-0.05, 0) is 31.5 Å². The molecule has 0 atom stereocenters. The predicted molar refractivity (Wildman–Crippen MR) is 71.5 cm³/mol. The second kappa shape index (κ2) is 5.32. The maximum atomic E-state index is 12.2. The van der Waals surface area contributed by atoms with Gasteiger partial charge in [-0.2, -0.15) is 0 Å². The van der Waals surface area contributed by atoms with Crippen LogP contribution in [0.1, 0.15) is 17.0 Å². The zero-order valence-corrected chi connectivity index (χ0v) is 12.0. The third-order valence-electron chi connectivity index (χ3n) is 2.64. The summed E-state index contributed by atoms with van der Waals surface area (Å²) >= 11 is 5.92. The molecule has 102 valence electrons. The minimum absolute atomic E-state index is 0.0401. The molecular weight excluding hydrogens is 288 g/mol. The van der Waals surface area contributed by atoms with E-state index in [1.807, 2.05) is 0 Å². The number of nitrogens with one attached hydrogen (secondary N) is 1. The van der Waals surface area contributed by atoms with Gasteiger partial charge in [-0.3, -0.25) is 0 Å². The Balaban J connectivity index is 2.23. The average molecular weight is 301 g/mol. The summed E-state index contributed by atoms with van der Waals surface area (Å²) in [4.78, 5) is 3.96. The highest BCUT2D eigenvalue weighted by Gasteiger charge is 2.18. The van der Waals surface area contributed by atoms with Crippen LogP contribution in [-0.4, -0.2) is 13.4 Å². The molecule has 0 saturated carbocycles. The SMILES string of the molecule is Cc1ccc(Cl)c(S(=O)(=O)NCc2ocnc2C)c1. The molecule has 0 unspecified atom stereocenters. The Labute approximate surface area is 116 Å². The zero-order chi connectivity index (χ0) is 14.0. The standard InChI is InChI=1S/C12H13ClN2O3S/c1-8-3-4-10(13)12(5-8)19(16,17)15-6-11-9(2)14-7-18-11/h3-5,7,15H,6H2,1-2H3. The van der Waals surface area contributed by atoms with Gasteiger partial charge in [-0.25, -0.2) is 18.1 Å². The van der Waals surface area contributed by atoms with E-state index in [0.29, 0.717) is 11.5 Å². The molecule has 0 radical (unpaired) electrons. The number of sulfonamides is 1. The normalized spacial score (nSPS) is 11.7. The number of hydrogen-bond donors (Lipinski definition) is 1. The molecule has 0 saturated heterocycles. The Kier molecular flexibility index (Phi) is 3.93. The minimum atomic E-state index is -3.68. The summed E-state index contributed by atoms with van der Waals surface area (Å²) in [6.07, 6.45) is 1.28. The maximum Gasteiger partial charge on any atom is 0.242 e. The third-order valence-corrected chi connectivity index (χ3v) is 4.53. The molecule has 1 N–H and O–H groups in total. The number of oxazole rings is 1. The maximum absolute atomic E-state index is 12.2. The van der Waals surface area contributed by atoms with E-state index >= 15 is 0 Å². The van der Waals surface area contributed by atoms with Crippen LogP contribution in [0.3, 0.4) is 0 Å². The summed E-state index contributed by atoms with van der Waals surface area (Å²) in [7, 11) is -3.68. The lowest BCUT2D eigenvalue weighted by Crippen LogP contribution is -2.23. The molecule has 0 spiro atoms. The van der Waals surface area contributed by atoms with Gasteiger partial charge >= 0.3 is 0 Å². The van der Waals surface area contributed by atoms with Crippen molar-refractivity contribution in [3.8, 4) is 0 Å². The van der Waals surface area contributed by atoms with E-state index < -0.39 is 10.0 Å². The number of hydrogen-bond acceptors (Lipinski definition) is 4. The lowest BCUT2D eigenvalue weighted by molar-refractivity contribution is 0.492. The average Bonchev–Trinajstić information content (AvgIpc) is 2.75. The van der Waals surface area contributed by atoms with Gasteiger partial charge in [0.2, 0.25) is 10.0 Å². The Morgan fingerprint density at radius 1 is 1.37 bits per heavy atom. The van der Waals surface area contributed by atoms with Crippen molar-refractivity contribution in [2.75, 3.05) is 0 Å². The highest BCUT2D eigenvalue weighted by Crippen LogP contribution is 2.22. The number of rotatable bonds is 4. The van der Waals surface area contributed by atoms with Crippen molar-refractivity contribution < 1.29 is 12.8 Å². The summed E-state index contributed by atoms with van der Waals surface area (Å²) in [5, 5.41) is 0.187. The molecule has 0 aliphatic heterocycles. The fraction of sp³-hybridized carbons (Fsp3) is 0.250. The monoisotopic (exact) mass is 300 g/mol. The molecule has 1 aromatic heterocycles. The quantitative estimate of drug-likeness (QED) is 0.941. The first-order valence-corrected chi connectivity index (χ1v) is 7.41. The van der Waals surface area contributed by atoms with Crippen molar-refractivity contribution in [1.82, 2.24) is 9.71 Å². The van der Waals surface area contributed by atoms with Crippen molar-refractivity contribution in [2.24, 2.45) is 0 Å². The molecule has 0 amide bonds. The minimum Gasteiger partial charge on any atom is -0.447 e. The second-order valence-corrected chi connectivity index (χ2v) is 6.26. The van der Waals surface area contributed by atoms with E-state index in [0.717, 1.165) is 5.56 Å². The van der Waals surface area contributed by atoms with Crippen LogP contribution in [0.4, 0.5) is 0 Å². The molecular formula is C12H13ClN2O3S. The second-order valence-electron chi connectivity index (χ2n) is 4.12. The lowest BCUT2D eigenvalue weighted by Gasteiger charge is -2.08. The predicted octanol–water partition coefficient (Wildman–Crippen LogP) is 2.42. The van der Waals surface area contributed by atoms with Gasteiger partial charge in [0.15, 0.2) is 6.39 Å². The van der Waals surface area contributed by atoms with E-state index in [-0.39, 0.29) is 16.5 Å². The van der Waals surface area contributed by atoms with Crippen LogP contribution >= 0.6 is 11.6 Å². The van der Waals surface area contributed by atoms with Gasteiger partial charge in [0.25, 0.3) is 0 Å². The van der Waals surface area contributed by atoms with Gasteiger partial charge in [0, 0.05) is 0 Å². The molecule has 5 nitrogen and oxygen atoms in total. The van der Waals surface area contributed by atoms with Crippen LogP contribution in [0.15, 0.2) is 33.9 Å². The van der Waals surface area contributed by atoms with Gasteiger partial charge < -0.3 is 4.42 Å². The van der Waals surface area contributed by atoms with Crippen LogP contribution in [0.2, 0.25) is 5.02 Å². The van der Waals surface area contributed by atoms with Crippen molar-refractivity contribution in [3.05, 3.63) is 46.6 Å². The molecule has 2 rings (SSSR count). The topological polar surface area (TPSA) is 72.2 Å². The number of nitrogens with zero attached hydrogens (tertiary/aromatic N) is 1. The smallest absolute Gasteiger partial charge is 0.242 e. The van der Waals surface area contributed by atoms with E-state index in [1.54, 1.807) is 26.0 Å². The summed E-state index contributed by atoms with van der Waals surface area (Å²) in [6.45, 7) is 3.58. The summed E-state index contributed by atoms with van der Waals surface area (Å²) in [5.41, 5.74) is 1.47. The molecule has 1 heterocycles. The van der Waals surface area contributed by atoms with Crippen LogP contribution < -0.4 is 4.72 Å². The van der Waals surface area contributed by atoms with E-state index in [1.165, 1.54) is 12.5 Å². The number of benzene rings is 1. The summed E-state index contributed by atoms with van der Waals surface area (Å²) in [5.74, 6) is 0.479. The summed E-state index contributed by atoms with van der Waals surface area (Å²) < 4.78 is 31.8. The summed E-state index contributed by atoms with van der Waals surface area (Å²) in [6, 6.07) is 4.84. The number of aromatic nitrogens is 1. The molecule has 19 heavy (non-hydrogen) atoms. The Morgan fingerprint density at radius 3 is 2.74 bits per heavy atom. The van der Waals surface area contributed by atoms with E-state index in [2.05, 4.69) is 9.71 Å². The fourth-order valence-corrected chi connectivity index (χ4v) is 3.12. The lowest BCUT2D eigenvalue weighted by atomic mass is 10.2. The highest BCUT2D eigenvalue weighted by molar-refractivity contribution is 7.89. The largest absolute Gasteiger partial charge is 0.447 e. The molecule has 0 bridgehead atoms. The fourth-order valence-electron chi connectivity index (χ4n) is 1.55. The van der Waals surface area contributed by atoms with E-state index in [4.69, 9.17) is 16.0 Å². The zero-order valence-electron chi connectivity index (χ0n) is 10.5. The first-order chi connectivity index (χ1) is 8.90. The molecule has 7 heteroatoms. The van der Waals surface area contributed by atoms with Crippen LogP contribution in [0.25, 0.3) is 0 Å². The Bertz CT molecular complexity index is 695. The Morgan fingerprint density at radius 2 is 2.11 bits per heavy atom. The van der Waals surface area contributed by atoms with Crippen molar-refractivity contribution in [1.29, 1.82) is 0 Å². The van der Waals surface area contributed by atoms with Crippen molar-refractivity contribution in [2.45, 2.75) is 25.3 Å². The third kappa shape index (κ3) is 3.15. The van der Waals surface area contributed by atoms with Crippen molar-refractivity contribution in [3.63, 3.8) is 0 Å².